The average Bonchev–Trinajstić information content (AvgIpc) is 3.46. The third-order valence-corrected chi connectivity index (χ3v) is 6.94. The number of hydrogen-bond acceptors (Lipinski definition) is 5. The number of ether oxygens (including phenoxy) is 2. The number of thiophene rings is 1. The molecule has 0 radical (unpaired) electrons. The topological polar surface area (TPSA) is 56.6 Å². The minimum absolute atomic E-state index is 0.116. The Bertz CT molecular complexity index is 1060. The number of nitrogens with zero attached hydrogens (tertiary/aromatic N) is 3. The van der Waals surface area contributed by atoms with Crippen LogP contribution in [0.3, 0.4) is 0 Å². The number of benzene rings is 1. The van der Waals surface area contributed by atoms with Crippen LogP contribution in [0.4, 0.5) is 0 Å². The molecule has 0 bridgehead atoms. The minimum atomic E-state index is -0.351. The largest absolute Gasteiger partial charge is 0.497 e. The molecule has 1 aromatic carbocycles. The summed E-state index contributed by atoms with van der Waals surface area (Å²) >= 11 is 1.51. The van der Waals surface area contributed by atoms with Gasteiger partial charge in [-0.1, -0.05) is 0 Å². The second-order valence-electron chi connectivity index (χ2n) is 7.76. The molecule has 1 amide bonds. The molecule has 1 atom stereocenters. The smallest absolute Gasteiger partial charge is 0.264 e. The van der Waals surface area contributed by atoms with Gasteiger partial charge in [0.05, 0.1) is 37.0 Å². The Labute approximate surface area is 173 Å². The molecule has 7 heteroatoms. The van der Waals surface area contributed by atoms with Crippen molar-refractivity contribution in [2.24, 2.45) is 0 Å². The fraction of sp³-hybridized carbons (Fsp3) is 0.364. The highest BCUT2D eigenvalue weighted by molar-refractivity contribution is 7.12. The van der Waals surface area contributed by atoms with Gasteiger partial charge < -0.3 is 18.9 Å². The Balaban J connectivity index is 1.39. The third kappa shape index (κ3) is 3.14. The minimum Gasteiger partial charge on any atom is -0.497 e. The molecule has 0 N–H and O–H groups in total. The Morgan fingerprint density at radius 3 is 2.79 bits per heavy atom. The van der Waals surface area contributed by atoms with Gasteiger partial charge in [0.25, 0.3) is 5.91 Å². The molecule has 3 aromatic rings. The van der Waals surface area contributed by atoms with Crippen molar-refractivity contribution in [3.05, 3.63) is 58.2 Å². The molecule has 1 saturated heterocycles. The van der Waals surface area contributed by atoms with Crippen LogP contribution in [-0.2, 0) is 17.9 Å². The summed E-state index contributed by atoms with van der Waals surface area (Å²) in [5.74, 6) is 1.88. The van der Waals surface area contributed by atoms with Gasteiger partial charge in [-0.15, -0.1) is 11.3 Å². The molecule has 0 saturated carbocycles. The van der Waals surface area contributed by atoms with Gasteiger partial charge >= 0.3 is 0 Å². The summed E-state index contributed by atoms with van der Waals surface area (Å²) in [5.41, 5.74) is 2.87. The van der Waals surface area contributed by atoms with Crippen LogP contribution >= 0.6 is 11.3 Å². The molecule has 2 aliphatic rings. The lowest BCUT2D eigenvalue weighted by atomic mass is 10.0. The van der Waals surface area contributed by atoms with Gasteiger partial charge in [0.2, 0.25) is 0 Å². The van der Waals surface area contributed by atoms with E-state index in [1.54, 1.807) is 7.11 Å². The molecule has 29 heavy (non-hydrogen) atoms. The van der Waals surface area contributed by atoms with Gasteiger partial charge in [-0.25, -0.2) is 4.98 Å². The SMILES string of the molecule is COc1ccc(-c2cnc3n2CC2(CCN(C(=O)c4sccc4C)C2)OC3)cc1. The van der Waals surface area contributed by atoms with E-state index >= 15 is 0 Å². The van der Waals surface area contributed by atoms with Gasteiger partial charge in [-0.2, -0.15) is 0 Å². The molecule has 5 rings (SSSR count). The summed E-state index contributed by atoms with van der Waals surface area (Å²) < 4.78 is 13.8. The fourth-order valence-electron chi connectivity index (χ4n) is 4.25. The van der Waals surface area contributed by atoms with Crippen molar-refractivity contribution < 1.29 is 14.3 Å². The van der Waals surface area contributed by atoms with Crippen molar-refractivity contribution in [1.29, 1.82) is 0 Å². The third-order valence-electron chi connectivity index (χ3n) is 5.94. The zero-order valence-electron chi connectivity index (χ0n) is 16.6. The molecule has 6 nitrogen and oxygen atoms in total. The molecular formula is C22H23N3O3S. The number of carbonyl (C=O) groups excluding carboxylic acids is 1. The molecule has 1 spiro atoms. The monoisotopic (exact) mass is 409 g/mol. The maximum atomic E-state index is 12.9. The van der Waals surface area contributed by atoms with Crippen molar-refractivity contribution in [2.45, 2.75) is 32.1 Å². The normalized spacial score (nSPS) is 20.8. The zero-order chi connectivity index (χ0) is 20.0. The highest BCUT2D eigenvalue weighted by atomic mass is 32.1. The molecule has 1 fully saturated rings. The predicted molar refractivity (Wildman–Crippen MR) is 111 cm³/mol. The van der Waals surface area contributed by atoms with Gasteiger partial charge in [0.1, 0.15) is 23.8 Å². The second-order valence-corrected chi connectivity index (χ2v) is 8.67. The molecule has 0 aliphatic carbocycles. The van der Waals surface area contributed by atoms with E-state index in [4.69, 9.17) is 9.47 Å². The van der Waals surface area contributed by atoms with Gasteiger partial charge in [-0.05, 0) is 54.6 Å². The van der Waals surface area contributed by atoms with Crippen LogP contribution in [0, 0.1) is 6.92 Å². The Morgan fingerprint density at radius 2 is 2.07 bits per heavy atom. The van der Waals surface area contributed by atoms with E-state index in [1.165, 1.54) is 11.3 Å². The second kappa shape index (κ2) is 7.00. The van der Waals surface area contributed by atoms with E-state index in [1.807, 2.05) is 41.6 Å². The number of aromatic nitrogens is 2. The quantitative estimate of drug-likeness (QED) is 0.661. The van der Waals surface area contributed by atoms with Crippen LogP contribution in [0.2, 0.25) is 0 Å². The Hall–Kier alpha value is -2.64. The Kier molecular flexibility index (Phi) is 4.44. The van der Waals surface area contributed by atoms with E-state index in [2.05, 4.69) is 21.7 Å². The highest BCUT2D eigenvalue weighted by Gasteiger charge is 2.45. The predicted octanol–water partition coefficient (Wildman–Crippen LogP) is 3.74. The summed E-state index contributed by atoms with van der Waals surface area (Å²) in [4.78, 5) is 20.3. The van der Waals surface area contributed by atoms with Crippen LogP contribution in [-0.4, -0.2) is 46.2 Å². The lowest BCUT2D eigenvalue weighted by Crippen LogP contribution is -2.45. The van der Waals surface area contributed by atoms with Crippen molar-refractivity contribution in [2.75, 3.05) is 20.2 Å². The number of imidazole rings is 1. The van der Waals surface area contributed by atoms with Gasteiger partial charge in [0, 0.05) is 12.1 Å². The van der Waals surface area contributed by atoms with Crippen molar-refractivity contribution in [1.82, 2.24) is 14.5 Å². The molecule has 2 aromatic heterocycles. The van der Waals surface area contributed by atoms with E-state index in [0.717, 1.165) is 46.2 Å². The fourth-order valence-corrected chi connectivity index (χ4v) is 5.14. The summed E-state index contributed by atoms with van der Waals surface area (Å²) in [6, 6.07) is 10.0. The van der Waals surface area contributed by atoms with Crippen LogP contribution in [0.5, 0.6) is 5.75 Å². The number of rotatable bonds is 3. The maximum absolute atomic E-state index is 12.9. The van der Waals surface area contributed by atoms with Crippen LogP contribution in [0.15, 0.2) is 41.9 Å². The Morgan fingerprint density at radius 1 is 1.24 bits per heavy atom. The molecule has 2 aliphatic heterocycles. The lowest BCUT2D eigenvalue weighted by Gasteiger charge is -2.35. The number of likely N-dealkylation sites (tertiary alicyclic amines) is 1. The first kappa shape index (κ1) is 18.4. The summed E-state index contributed by atoms with van der Waals surface area (Å²) in [5, 5.41) is 1.98. The first-order valence-corrected chi connectivity index (χ1v) is 10.6. The summed E-state index contributed by atoms with van der Waals surface area (Å²) in [7, 11) is 1.67. The standard InChI is InChI=1S/C22H23N3O3S/c1-15-7-10-29-20(15)21(26)24-9-8-22(13-24)14-25-18(11-23-19(25)12-28-22)16-3-5-17(27-2)6-4-16/h3-7,10-11H,8-9,12-14H2,1-2H3. The van der Waals surface area contributed by atoms with Crippen molar-refractivity contribution >= 4 is 17.2 Å². The average molecular weight is 410 g/mol. The maximum Gasteiger partial charge on any atom is 0.264 e. The number of amides is 1. The van der Waals surface area contributed by atoms with Crippen LogP contribution < -0.4 is 4.74 Å². The van der Waals surface area contributed by atoms with E-state index in [-0.39, 0.29) is 11.5 Å². The number of carbonyl (C=O) groups is 1. The molecule has 150 valence electrons. The molecule has 1 unspecified atom stereocenters. The highest BCUT2D eigenvalue weighted by Crippen LogP contribution is 2.36. The van der Waals surface area contributed by atoms with Crippen molar-refractivity contribution in [3.8, 4) is 17.0 Å². The first-order chi connectivity index (χ1) is 14.1. The van der Waals surface area contributed by atoms with Crippen molar-refractivity contribution in [3.63, 3.8) is 0 Å². The number of methoxy groups -OCH3 is 1. The zero-order valence-corrected chi connectivity index (χ0v) is 17.4. The van der Waals surface area contributed by atoms with Gasteiger partial charge in [0.15, 0.2) is 0 Å². The first-order valence-electron chi connectivity index (χ1n) is 9.75. The van der Waals surface area contributed by atoms with Crippen LogP contribution in [0.1, 0.15) is 27.5 Å². The number of hydrogen-bond donors (Lipinski definition) is 0. The van der Waals surface area contributed by atoms with Crippen LogP contribution in [0.25, 0.3) is 11.3 Å². The van der Waals surface area contributed by atoms with Gasteiger partial charge in [-0.3, -0.25) is 4.79 Å². The summed E-state index contributed by atoms with van der Waals surface area (Å²) in [6.45, 7) is 4.50. The summed E-state index contributed by atoms with van der Waals surface area (Å²) in [6.07, 6.45) is 2.75. The number of aryl methyl sites for hydroxylation is 1. The number of fused-ring (bicyclic) bond motifs is 1. The molecular weight excluding hydrogens is 386 g/mol. The van der Waals surface area contributed by atoms with E-state index in [9.17, 15) is 4.79 Å². The lowest BCUT2D eigenvalue weighted by molar-refractivity contribution is -0.0804. The molecule has 4 heterocycles. The van der Waals surface area contributed by atoms with E-state index in [0.29, 0.717) is 19.7 Å². The van der Waals surface area contributed by atoms with E-state index < -0.39 is 0 Å².